The van der Waals surface area contributed by atoms with E-state index >= 15 is 0 Å². The van der Waals surface area contributed by atoms with Gasteiger partial charge in [-0.1, -0.05) is 12.1 Å². The van der Waals surface area contributed by atoms with Crippen LogP contribution in [0, 0.1) is 0 Å². The first-order chi connectivity index (χ1) is 10.9. The van der Waals surface area contributed by atoms with Crippen LogP contribution in [0.3, 0.4) is 0 Å². The third kappa shape index (κ3) is 3.06. The summed E-state index contributed by atoms with van der Waals surface area (Å²) in [6.45, 7) is 4.06. The fraction of sp³-hybridized carbons (Fsp3) is 0.438. The number of carbonyl (C=O) groups is 2. The van der Waals surface area contributed by atoms with Gasteiger partial charge in [-0.25, -0.2) is 4.98 Å². The van der Waals surface area contributed by atoms with E-state index in [4.69, 9.17) is 0 Å². The van der Waals surface area contributed by atoms with Crippen molar-refractivity contribution in [3.05, 3.63) is 30.1 Å². The highest BCUT2D eigenvalue weighted by atomic mass is 32.2. The molecule has 1 saturated heterocycles. The number of nitrogens with one attached hydrogen (secondary N) is 2. The van der Waals surface area contributed by atoms with Gasteiger partial charge >= 0.3 is 0 Å². The SMILES string of the molecule is Cn1c(CNC(=O)[C@@H]2CSC(C)(C)C(=O)N2)nc2ccccc21. The minimum atomic E-state index is -0.491. The molecule has 0 bridgehead atoms. The predicted molar refractivity (Wildman–Crippen MR) is 91.0 cm³/mol. The molecule has 1 fully saturated rings. The smallest absolute Gasteiger partial charge is 0.243 e. The number of rotatable bonds is 3. The molecule has 1 aromatic carbocycles. The largest absolute Gasteiger partial charge is 0.347 e. The molecule has 1 aliphatic rings. The molecule has 23 heavy (non-hydrogen) atoms. The number of nitrogens with zero attached hydrogens (tertiary/aromatic N) is 2. The fourth-order valence-electron chi connectivity index (χ4n) is 2.52. The summed E-state index contributed by atoms with van der Waals surface area (Å²) >= 11 is 1.50. The molecule has 1 atom stereocenters. The van der Waals surface area contributed by atoms with Crippen LogP contribution in [0.5, 0.6) is 0 Å². The van der Waals surface area contributed by atoms with Gasteiger partial charge in [0, 0.05) is 12.8 Å². The van der Waals surface area contributed by atoms with Crippen molar-refractivity contribution in [3.63, 3.8) is 0 Å². The standard InChI is InChI=1S/C16H20N4O2S/c1-16(2)15(22)19-11(9-23-16)14(21)17-8-13-18-10-6-4-5-7-12(10)20(13)3/h4-7,11H,8-9H2,1-3H3,(H,17,21)(H,19,22)/t11-/m0/s1. The Hall–Kier alpha value is -2.02. The van der Waals surface area contributed by atoms with Gasteiger partial charge in [-0.2, -0.15) is 0 Å². The average molecular weight is 332 g/mol. The Morgan fingerprint density at radius 1 is 1.48 bits per heavy atom. The number of carbonyl (C=O) groups excluding carboxylic acids is 2. The van der Waals surface area contributed by atoms with Crippen LogP contribution in [-0.2, 0) is 23.2 Å². The van der Waals surface area contributed by atoms with Crippen molar-refractivity contribution < 1.29 is 9.59 Å². The lowest BCUT2D eigenvalue weighted by molar-refractivity contribution is -0.129. The molecule has 3 rings (SSSR count). The molecule has 1 aliphatic heterocycles. The van der Waals surface area contributed by atoms with E-state index in [1.54, 1.807) is 0 Å². The predicted octanol–water partition coefficient (Wildman–Crippen LogP) is 1.20. The Balaban J connectivity index is 1.65. The molecule has 0 spiro atoms. The van der Waals surface area contributed by atoms with Crippen LogP contribution >= 0.6 is 11.8 Å². The van der Waals surface area contributed by atoms with Crippen molar-refractivity contribution in [2.24, 2.45) is 7.05 Å². The van der Waals surface area contributed by atoms with E-state index in [2.05, 4.69) is 15.6 Å². The molecule has 6 nitrogen and oxygen atoms in total. The van der Waals surface area contributed by atoms with Crippen molar-refractivity contribution in [3.8, 4) is 0 Å². The first kappa shape index (κ1) is 15.9. The Kier molecular flexibility index (Phi) is 4.06. The average Bonchev–Trinajstić information content (AvgIpc) is 2.84. The highest BCUT2D eigenvalue weighted by molar-refractivity contribution is 8.01. The number of imidazole rings is 1. The van der Waals surface area contributed by atoms with Gasteiger partial charge in [0.15, 0.2) is 0 Å². The van der Waals surface area contributed by atoms with Gasteiger partial charge in [0.25, 0.3) is 0 Å². The maximum Gasteiger partial charge on any atom is 0.243 e. The summed E-state index contributed by atoms with van der Waals surface area (Å²) in [5, 5.41) is 5.65. The molecule has 0 unspecified atom stereocenters. The summed E-state index contributed by atoms with van der Waals surface area (Å²) in [6.07, 6.45) is 0. The number of aryl methyl sites for hydroxylation is 1. The summed E-state index contributed by atoms with van der Waals surface area (Å²) in [5.74, 6) is 1.09. The number of para-hydroxylation sites is 2. The molecule has 2 heterocycles. The Morgan fingerprint density at radius 3 is 2.91 bits per heavy atom. The van der Waals surface area contributed by atoms with Crippen LogP contribution < -0.4 is 10.6 Å². The monoisotopic (exact) mass is 332 g/mol. The molecule has 0 radical (unpaired) electrons. The van der Waals surface area contributed by atoms with Gasteiger partial charge in [-0.05, 0) is 26.0 Å². The van der Waals surface area contributed by atoms with E-state index in [1.807, 2.05) is 49.7 Å². The third-order valence-electron chi connectivity index (χ3n) is 4.08. The summed E-state index contributed by atoms with van der Waals surface area (Å²) in [6, 6.07) is 7.35. The van der Waals surface area contributed by atoms with Gasteiger partial charge in [0.05, 0.1) is 22.3 Å². The highest BCUT2D eigenvalue weighted by Crippen LogP contribution is 2.29. The third-order valence-corrected chi connectivity index (χ3v) is 5.49. The summed E-state index contributed by atoms with van der Waals surface area (Å²) in [5.41, 5.74) is 1.93. The summed E-state index contributed by atoms with van der Waals surface area (Å²) in [7, 11) is 1.93. The number of hydrogen-bond acceptors (Lipinski definition) is 4. The molecular weight excluding hydrogens is 312 g/mol. The first-order valence-electron chi connectivity index (χ1n) is 7.51. The van der Waals surface area contributed by atoms with Crippen molar-refractivity contribution in [1.82, 2.24) is 20.2 Å². The van der Waals surface area contributed by atoms with Gasteiger partial charge in [-0.3, -0.25) is 9.59 Å². The Bertz CT molecular complexity index is 769. The molecule has 2 N–H and O–H groups in total. The molecule has 2 amide bonds. The number of aromatic nitrogens is 2. The second-order valence-electron chi connectivity index (χ2n) is 6.14. The lowest BCUT2D eigenvalue weighted by Crippen LogP contribution is -2.57. The van der Waals surface area contributed by atoms with E-state index in [1.165, 1.54) is 11.8 Å². The van der Waals surface area contributed by atoms with Crippen molar-refractivity contribution in [2.45, 2.75) is 31.2 Å². The lowest BCUT2D eigenvalue weighted by Gasteiger charge is -2.32. The van der Waals surface area contributed by atoms with Crippen LogP contribution in [-0.4, -0.2) is 37.9 Å². The van der Waals surface area contributed by atoms with Crippen LogP contribution in [0.25, 0.3) is 11.0 Å². The molecule has 7 heteroatoms. The second kappa shape index (κ2) is 5.88. The quantitative estimate of drug-likeness (QED) is 0.885. The Labute approximate surface area is 139 Å². The van der Waals surface area contributed by atoms with E-state index in [-0.39, 0.29) is 11.8 Å². The topological polar surface area (TPSA) is 76.0 Å². The molecule has 122 valence electrons. The van der Waals surface area contributed by atoms with E-state index in [0.29, 0.717) is 12.3 Å². The summed E-state index contributed by atoms with van der Waals surface area (Å²) in [4.78, 5) is 28.7. The van der Waals surface area contributed by atoms with Crippen LogP contribution in [0.4, 0.5) is 0 Å². The molecule has 0 saturated carbocycles. The van der Waals surface area contributed by atoms with Gasteiger partial charge in [-0.15, -0.1) is 11.8 Å². The zero-order valence-electron chi connectivity index (χ0n) is 13.4. The van der Waals surface area contributed by atoms with Gasteiger partial charge < -0.3 is 15.2 Å². The highest BCUT2D eigenvalue weighted by Gasteiger charge is 2.37. The number of thioether (sulfide) groups is 1. The van der Waals surface area contributed by atoms with Gasteiger partial charge in [0.1, 0.15) is 11.9 Å². The first-order valence-corrected chi connectivity index (χ1v) is 8.50. The maximum atomic E-state index is 12.3. The van der Waals surface area contributed by atoms with E-state index in [0.717, 1.165) is 16.9 Å². The number of benzene rings is 1. The van der Waals surface area contributed by atoms with Crippen molar-refractivity contribution in [1.29, 1.82) is 0 Å². The van der Waals surface area contributed by atoms with E-state index < -0.39 is 10.8 Å². The zero-order valence-corrected chi connectivity index (χ0v) is 14.2. The zero-order chi connectivity index (χ0) is 16.6. The molecule has 0 aliphatic carbocycles. The molecule has 1 aromatic heterocycles. The normalized spacial score (nSPS) is 20.3. The Morgan fingerprint density at radius 2 is 2.22 bits per heavy atom. The molecule has 2 aromatic rings. The fourth-order valence-corrected chi connectivity index (χ4v) is 3.52. The van der Waals surface area contributed by atoms with Gasteiger partial charge in [0.2, 0.25) is 11.8 Å². The van der Waals surface area contributed by atoms with Crippen LogP contribution in [0.15, 0.2) is 24.3 Å². The molecular formula is C16H20N4O2S. The number of amides is 2. The van der Waals surface area contributed by atoms with Crippen LogP contribution in [0.2, 0.25) is 0 Å². The number of hydrogen-bond donors (Lipinski definition) is 2. The van der Waals surface area contributed by atoms with Crippen molar-refractivity contribution >= 4 is 34.6 Å². The lowest BCUT2D eigenvalue weighted by atomic mass is 10.1. The van der Waals surface area contributed by atoms with E-state index in [9.17, 15) is 9.59 Å². The summed E-state index contributed by atoms with van der Waals surface area (Å²) < 4.78 is 1.49. The van der Waals surface area contributed by atoms with Crippen LogP contribution in [0.1, 0.15) is 19.7 Å². The number of fused-ring (bicyclic) bond motifs is 1. The minimum Gasteiger partial charge on any atom is -0.347 e. The minimum absolute atomic E-state index is 0.100. The van der Waals surface area contributed by atoms with Crippen molar-refractivity contribution in [2.75, 3.05) is 5.75 Å². The maximum absolute atomic E-state index is 12.3. The second-order valence-corrected chi connectivity index (χ2v) is 7.78.